The molecule has 0 aromatic carbocycles. The SMILES string of the molecule is CCC1CC(C2CC=CCC2)C2=C1C=CC2. The van der Waals surface area contributed by atoms with E-state index in [2.05, 4.69) is 31.2 Å². The van der Waals surface area contributed by atoms with Crippen molar-refractivity contribution >= 4 is 0 Å². The van der Waals surface area contributed by atoms with Crippen molar-refractivity contribution < 1.29 is 0 Å². The zero-order valence-corrected chi connectivity index (χ0v) is 10.3. The van der Waals surface area contributed by atoms with Crippen LogP contribution in [-0.2, 0) is 0 Å². The standard InChI is InChI=1S/C16H22/c1-2-12-11-16(13-7-4-3-5-8-13)15-10-6-9-14(12)15/h3-4,6,9,12-13,16H,2,5,7-8,10-11H2,1H3. The summed E-state index contributed by atoms with van der Waals surface area (Å²) in [7, 11) is 0. The smallest absolute Gasteiger partial charge is 0.0127 e. The Morgan fingerprint density at radius 2 is 2.19 bits per heavy atom. The third kappa shape index (κ3) is 1.59. The molecule has 0 fully saturated rings. The first-order chi connectivity index (χ1) is 7.90. The van der Waals surface area contributed by atoms with Crippen LogP contribution in [0.5, 0.6) is 0 Å². The Hall–Kier alpha value is -0.780. The van der Waals surface area contributed by atoms with E-state index in [-0.39, 0.29) is 0 Å². The molecule has 0 amide bonds. The molecule has 3 rings (SSSR count). The van der Waals surface area contributed by atoms with Gasteiger partial charge in [-0.15, -0.1) is 0 Å². The summed E-state index contributed by atoms with van der Waals surface area (Å²) in [4.78, 5) is 0. The second-order valence-electron chi connectivity index (χ2n) is 5.58. The monoisotopic (exact) mass is 214 g/mol. The zero-order chi connectivity index (χ0) is 11.0. The normalized spacial score (nSPS) is 37.2. The molecular weight excluding hydrogens is 192 g/mol. The fourth-order valence-corrected chi connectivity index (χ4v) is 3.92. The van der Waals surface area contributed by atoms with Crippen LogP contribution in [0.4, 0.5) is 0 Å². The van der Waals surface area contributed by atoms with Crippen LogP contribution in [0.3, 0.4) is 0 Å². The van der Waals surface area contributed by atoms with Gasteiger partial charge in [-0.05, 0) is 61.9 Å². The topological polar surface area (TPSA) is 0 Å². The Bertz CT molecular complexity index is 356. The van der Waals surface area contributed by atoms with Gasteiger partial charge in [0.15, 0.2) is 0 Å². The fraction of sp³-hybridized carbons (Fsp3) is 0.625. The molecule has 0 nitrogen and oxygen atoms in total. The largest absolute Gasteiger partial charge is 0.0885 e. The van der Waals surface area contributed by atoms with Gasteiger partial charge in [-0.25, -0.2) is 0 Å². The molecule has 3 aliphatic carbocycles. The average molecular weight is 214 g/mol. The summed E-state index contributed by atoms with van der Waals surface area (Å²) in [5.74, 6) is 2.75. The van der Waals surface area contributed by atoms with Crippen molar-refractivity contribution in [2.75, 3.05) is 0 Å². The molecule has 16 heavy (non-hydrogen) atoms. The Morgan fingerprint density at radius 1 is 1.25 bits per heavy atom. The summed E-state index contributed by atoms with van der Waals surface area (Å²) in [6.07, 6.45) is 17.7. The van der Waals surface area contributed by atoms with Crippen molar-refractivity contribution in [1.29, 1.82) is 0 Å². The lowest BCUT2D eigenvalue weighted by Gasteiger charge is -2.27. The van der Waals surface area contributed by atoms with Crippen LogP contribution in [0.15, 0.2) is 35.5 Å². The highest BCUT2D eigenvalue weighted by Gasteiger charge is 2.36. The lowest BCUT2D eigenvalue weighted by molar-refractivity contribution is 0.321. The van der Waals surface area contributed by atoms with Gasteiger partial charge in [0.25, 0.3) is 0 Å². The maximum Gasteiger partial charge on any atom is -0.0127 e. The summed E-state index contributed by atoms with van der Waals surface area (Å²) in [6.45, 7) is 2.35. The molecule has 0 heteroatoms. The molecule has 0 saturated heterocycles. The molecule has 86 valence electrons. The lowest BCUT2D eigenvalue weighted by atomic mass is 9.78. The van der Waals surface area contributed by atoms with E-state index in [1.54, 1.807) is 5.57 Å². The summed E-state index contributed by atoms with van der Waals surface area (Å²) in [6, 6.07) is 0. The molecule has 0 N–H and O–H groups in total. The summed E-state index contributed by atoms with van der Waals surface area (Å²) in [5.41, 5.74) is 3.54. The van der Waals surface area contributed by atoms with Gasteiger partial charge < -0.3 is 0 Å². The van der Waals surface area contributed by atoms with Crippen molar-refractivity contribution in [1.82, 2.24) is 0 Å². The van der Waals surface area contributed by atoms with Crippen LogP contribution < -0.4 is 0 Å². The summed E-state index contributed by atoms with van der Waals surface area (Å²) in [5, 5.41) is 0. The molecular formula is C16H22. The third-order valence-electron chi connectivity index (χ3n) is 4.80. The second-order valence-corrected chi connectivity index (χ2v) is 5.58. The Labute approximate surface area is 99.1 Å². The van der Waals surface area contributed by atoms with Crippen LogP contribution in [-0.4, -0.2) is 0 Å². The second kappa shape index (κ2) is 4.24. The van der Waals surface area contributed by atoms with Crippen molar-refractivity contribution in [3.05, 3.63) is 35.5 Å². The number of rotatable bonds is 2. The van der Waals surface area contributed by atoms with E-state index >= 15 is 0 Å². The van der Waals surface area contributed by atoms with E-state index in [4.69, 9.17) is 0 Å². The van der Waals surface area contributed by atoms with Crippen LogP contribution >= 0.6 is 0 Å². The number of allylic oxidation sites excluding steroid dienone is 6. The first-order valence-corrected chi connectivity index (χ1v) is 6.94. The molecule has 0 radical (unpaired) electrons. The van der Waals surface area contributed by atoms with E-state index in [1.807, 2.05) is 5.57 Å². The van der Waals surface area contributed by atoms with E-state index < -0.39 is 0 Å². The molecule has 0 saturated carbocycles. The van der Waals surface area contributed by atoms with Crippen molar-refractivity contribution in [2.45, 2.75) is 45.4 Å². The highest BCUT2D eigenvalue weighted by Crippen LogP contribution is 2.49. The Morgan fingerprint density at radius 3 is 2.94 bits per heavy atom. The third-order valence-corrected chi connectivity index (χ3v) is 4.80. The van der Waals surface area contributed by atoms with Crippen LogP contribution in [0, 0.1) is 17.8 Å². The first-order valence-electron chi connectivity index (χ1n) is 6.94. The number of hydrogen-bond acceptors (Lipinski definition) is 0. The molecule has 0 heterocycles. The minimum atomic E-state index is 0.879. The molecule has 0 bridgehead atoms. The zero-order valence-electron chi connectivity index (χ0n) is 10.3. The lowest BCUT2D eigenvalue weighted by Crippen LogP contribution is -2.16. The maximum atomic E-state index is 2.42. The van der Waals surface area contributed by atoms with Crippen LogP contribution in [0.25, 0.3) is 0 Å². The quantitative estimate of drug-likeness (QED) is 0.587. The fourth-order valence-electron chi connectivity index (χ4n) is 3.92. The van der Waals surface area contributed by atoms with E-state index in [0.717, 1.165) is 17.8 Å². The maximum absolute atomic E-state index is 2.42. The van der Waals surface area contributed by atoms with Crippen molar-refractivity contribution in [3.8, 4) is 0 Å². The minimum Gasteiger partial charge on any atom is -0.0885 e. The van der Waals surface area contributed by atoms with E-state index in [1.165, 1.54) is 38.5 Å². The van der Waals surface area contributed by atoms with Gasteiger partial charge in [-0.2, -0.15) is 0 Å². The van der Waals surface area contributed by atoms with Crippen LogP contribution in [0.1, 0.15) is 45.4 Å². The van der Waals surface area contributed by atoms with Gasteiger partial charge in [0.1, 0.15) is 0 Å². The Balaban J connectivity index is 1.80. The van der Waals surface area contributed by atoms with Crippen molar-refractivity contribution in [3.63, 3.8) is 0 Å². The van der Waals surface area contributed by atoms with Crippen LogP contribution in [0.2, 0.25) is 0 Å². The van der Waals surface area contributed by atoms with Gasteiger partial charge in [0.2, 0.25) is 0 Å². The van der Waals surface area contributed by atoms with Gasteiger partial charge >= 0.3 is 0 Å². The molecule has 3 aliphatic rings. The highest BCUT2D eigenvalue weighted by molar-refractivity contribution is 5.41. The molecule has 0 aromatic rings. The molecule has 0 aliphatic heterocycles. The van der Waals surface area contributed by atoms with E-state index in [0.29, 0.717) is 0 Å². The van der Waals surface area contributed by atoms with Gasteiger partial charge in [0, 0.05) is 0 Å². The number of hydrogen-bond donors (Lipinski definition) is 0. The summed E-state index contributed by atoms with van der Waals surface area (Å²) < 4.78 is 0. The van der Waals surface area contributed by atoms with Crippen molar-refractivity contribution in [2.24, 2.45) is 17.8 Å². The first kappa shape index (κ1) is 10.4. The van der Waals surface area contributed by atoms with Gasteiger partial charge in [0.05, 0.1) is 0 Å². The summed E-state index contributed by atoms with van der Waals surface area (Å²) >= 11 is 0. The molecule has 0 aromatic heterocycles. The van der Waals surface area contributed by atoms with Gasteiger partial charge in [-0.3, -0.25) is 0 Å². The molecule has 3 unspecified atom stereocenters. The Kier molecular flexibility index (Phi) is 2.75. The average Bonchev–Trinajstić information content (AvgIpc) is 2.91. The van der Waals surface area contributed by atoms with Gasteiger partial charge in [-0.1, -0.05) is 36.8 Å². The minimum absolute atomic E-state index is 0.879. The van der Waals surface area contributed by atoms with E-state index in [9.17, 15) is 0 Å². The molecule has 3 atom stereocenters. The predicted octanol–water partition coefficient (Wildman–Crippen LogP) is 4.65. The molecule has 0 spiro atoms. The highest BCUT2D eigenvalue weighted by atomic mass is 14.4. The predicted molar refractivity (Wildman–Crippen MR) is 69.2 cm³/mol.